The quantitative estimate of drug-likeness (QED) is 0.603. The summed E-state index contributed by atoms with van der Waals surface area (Å²) in [5, 5.41) is 0. The molecule has 1 heteroatoms. The Balaban J connectivity index is 3.83. The molecule has 0 aliphatic rings. The van der Waals surface area contributed by atoms with Crippen molar-refractivity contribution in [1.82, 2.24) is 4.90 Å². The molecule has 0 saturated carbocycles. The van der Waals surface area contributed by atoms with Crippen LogP contribution >= 0.6 is 0 Å². The van der Waals surface area contributed by atoms with Crippen molar-refractivity contribution in [2.45, 2.75) is 54.4 Å². The van der Waals surface area contributed by atoms with Crippen molar-refractivity contribution >= 4 is 0 Å². The summed E-state index contributed by atoms with van der Waals surface area (Å²) >= 11 is 0. The predicted octanol–water partition coefficient (Wildman–Crippen LogP) is 3.79. The second kappa shape index (κ2) is 6.44. The maximum atomic E-state index is 2.57. The first kappa shape index (κ1) is 14.0. The van der Waals surface area contributed by atoms with E-state index in [4.69, 9.17) is 0 Å². The van der Waals surface area contributed by atoms with Crippen molar-refractivity contribution in [2.24, 2.45) is 11.3 Å². The first-order valence-electron chi connectivity index (χ1n) is 6.13. The fourth-order valence-corrected chi connectivity index (χ4v) is 1.53. The lowest BCUT2D eigenvalue weighted by atomic mass is 9.86. The lowest BCUT2D eigenvalue weighted by Gasteiger charge is -2.28. The zero-order valence-electron chi connectivity index (χ0n) is 11.1. The molecule has 0 bridgehead atoms. The summed E-state index contributed by atoms with van der Waals surface area (Å²) in [6.07, 6.45) is 2.61. The van der Waals surface area contributed by atoms with Gasteiger partial charge >= 0.3 is 0 Å². The van der Waals surface area contributed by atoms with Crippen LogP contribution in [-0.2, 0) is 0 Å². The van der Waals surface area contributed by atoms with Crippen molar-refractivity contribution in [1.29, 1.82) is 0 Å². The second-order valence-corrected chi connectivity index (χ2v) is 5.55. The van der Waals surface area contributed by atoms with Gasteiger partial charge in [-0.05, 0) is 30.8 Å². The van der Waals surface area contributed by atoms with Crippen LogP contribution in [0.3, 0.4) is 0 Å². The molecule has 0 rings (SSSR count). The van der Waals surface area contributed by atoms with Gasteiger partial charge in [-0.3, -0.25) is 0 Å². The zero-order chi connectivity index (χ0) is 11.2. The molecule has 0 amide bonds. The molecule has 14 heavy (non-hydrogen) atoms. The van der Waals surface area contributed by atoms with Crippen molar-refractivity contribution in [3.63, 3.8) is 0 Å². The molecule has 0 aromatic heterocycles. The van der Waals surface area contributed by atoms with E-state index in [-0.39, 0.29) is 0 Å². The minimum absolute atomic E-state index is 0.518. The van der Waals surface area contributed by atoms with Crippen LogP contribution in [0.25, 0.3) is 0 Å². The van der Waals surface area contributed by atoms with Crippen molar-refractivity contribution in [3.8, 4) is 0 Å². The molecule has 1 nitrogen and oxygen atoms in total. The first-order chi connectivity index (χ1) is 6.41. The smallest absolute Gasteiger partial charge is 0.000427 e. The average molecular weight is 199 g/mol. The van der Waals surface area contributed by atoms with E-state index in [0.717, 1.165) is 5.92 Å². The normalized spacial score (nSPS) is 12.9. The Bertz CT molecular complexity index is 138. The topological polar surface area (TPSA) is 3.24 Å². The third-order valence-corrected chi connectivity index (χ3v) is 3.13. The van der Waals surface area contributed by atoms with E-state index in [9.17, 15) is 0 Å². The van der Waals surface area contributed by atoms with E-state index in [1.807, 2.05) is 0 Å². The van der Waals surface area contributed by atoms with E-state index in [0.29, 0.717) is 5.41 Å². The van der Waals surface area contributed by atoms with Crippen molar-refractivity contribution in [2.75, 3.05) is 19.6 Å². The summed E-state index contributed by atoms with van der Waals surface area (Å²) in [5.41, 5.74) is 0.518. The summed E-state index contributed by atoms with van der Waals surface area (Å²) in [6, 6.07) is 0. The molecule has 0 radical (unpaired) electrons. The highest BCUT2D eigenvalue weighted by Gasteiger charge is 2.16. The first-order valence-corrected chi connectivity index (χ1v) is 6.13. The van der Waals surface area contributed by atoms with Gasteiger partial charge in [0, 0.05) is 6.54 Å². The van der Waals surface area contributed by atoms with Gasteiger partial charge in [-0.25, -0.2) is 0 Å². The van der Waals surface area contributed by atoms with Gasteiger partial charge in [0.05, 0.1) is 0 Å². The van der Waals surface area contributed by atoms with Gasteiger partial charge in [-0.2, -0.15) is 0 Å². The molecule has 0 aromatic carbocycles. The summed E-state index contributed by atoms with van der Waals surface area (Å²) in [4.78, 5) is 2.57. The van der Waals surface area contributed by atoms with Crippen LogP contribution in [0.15, 0.2) is 0 Å². The maximum absolute atomic E-state index is 2.57. The number of rotatable bonds is 7. The molecule has 0 atom stereocenters. The zero-order valence-corrected chi connectivity index (χ0v) is 11.1. The average Bonchev–Trinajstić information content (AvgIpc) is 2.12. The van der Waals surface area contributed by atoms with E-state index in [1.165, 1.54) is 32.5 Å². The molecule has 0 aliphatic carbocycles. The predicted molar refractivity (Wildman–Crippen MR) is 65.6 cm³/mol. The largest absolute Gasteiger partial charge is 0.303 e. The molecule has 86 valence electrons. The Hall–Kier alpha value is -0.0400. The Labute approximate surface area is 90.9 Å². The van der Waals surface area contributed by atoms with Crippen LogP contribution in [0.4, 0.5) is 0 Å². The van der Waals surface area contributed by atoms with E-state index in [1.54, 1.807) is 0 Å². The monoisotopic (exact) mass is 199 g/mol. The highest BCUT2D eigenvalue weighted by Crippen LogP contribution is 2.24. The maximum Gasteiger partial charge on any atom is 0.000427 e. The summed E-state index contributed by atoms with van der Waals surface area (Å²) in [5.74, 6) is 0.791. The Morgan fingerprint density at radius 1 is 1.14 bits per heavy atom. The number of nitrogens with zero attached hydrogens (tertiary/aromatic N) is 1. The van der Waals surface area contributed by atoms with Gasteiger partial charge in [0.1, 0.15) is 0 Å². The third kappa shape index (κ3) is 6.42. The lowest BCUT2D eigenvalue weighted by Crippen LogP contribution is -2.31. The molecule has 0 aliphatic heterocycles. The van der Waals surface area contributed by atoms with Crippen LogP contribution in [0.5, 0.6) is 0 Å². The Kier molecular flexibility index (Phi) is 6.43. The van der Waals surface area contributed by atoms with Crippen LogP contribution in [-0.4, -0.2) is 24.5 Å². The lowest BCUT2D eigenvalue weighted by molar-refractivity contribution is 0.204. The number of hydrogen-bond acceptors (Lipinski definition) is 1. The van der Waals surface area contributed by atoms with E-state index < -0.39 is 0 Å². The molecule has 0 N–H and O–H groups in total. The third-order valence-electron chi connectivity index (χ3n) is 3.13. The summed E-state index contributed by atoms with van der Waals surface area (Å²) < 4.78 is 0. The molecule has 0 fully saturated rings. The van der Waals surface area contributed by atoms with Crippen LogP contribution in [0.1, 0.15) is 54.4 Å². The minimum atomic E-state index is 0.518. The van der Waals surface area contributed by atoms with Gasteiger partial charge in [-0.15, -0.1) is 0 Å². The number of hydrogen-bond donors (Lipinski definition) is 0. The molecule has 0 aromatic rings. The highest BCUT2D eigenvalue weighted by atomic mass is 15.1. The summed E-state index contributed by atoms with van der Waals surface area (Å²) in [6.45, 7) is 17.6. The van der Waals surface area contributed by atoms with Gasteiger partial charge in [0.25, 0.3) is 0 Å². The fourth-order valence-electron chi connectivity index (χ4n) is 1.53. The van der Waals surface area contributed by atoms with Gasteiger partial charge in [0.2, 0.25) is 0 Å². The van der Waals surface area contributed by atoms with Crippen LogP contribution in [0, 0.1) is 11.3 Å². The minimum Gasteiger partial charge on any atom is -0.303 e. The Morgan fingerprint density at radius 3 is 2.07 bits per heavy atom. The molecule has 0 heterocycles. The van der Waals surface area contributed by atoms with Crippen LogP contribution < -0.4 is 0 Å². The van der Waals surface area contributed by atoms with Crippen molar-refractivity contribution in [3.05, 3.63) is 0 Å². The SMILES string of the molecule is CCN(CCC(C)(C)CC)CC(C)C. The summed E-state index contributed by atoms with van der Waals surface area (Å²) in [7, 11) is 0. The fraction of sp³-hybridized carbons (Fsp3) is 1.00. The highest BCUT2D eigenvalue weighted by molar-refractivity contribution is 4.69. The molecule has 0 unspecified atom stereocenters. The van der Waals surface area contributed by atoms with Crippen molar-refractivity contribution < 1.29 is 0 Å². The Morgan fingerprint density at radius 2 is 1.71 bits per heavy atom. The van der Waals surface area contributed by atoms with Gasteiger partial charge in [0.15, 0.2) is 0 Å². The second-order valence-electron chi connectivity index (χ2n) is 5.55. The molecule has 0 spiro atoms. The molecular weight excluding hydrogens is 170 g/mol. The molecular formula is C13H29N. The van der Waals surface area contributed by atoms with Gasteiger partial charge < -0.3 is 4.90 Å². The van der Waals surface area contributed by atoms with E-state index in [2.05, 4.69) is 46.4 Å². The van der Waals surface area contributed by atoms with Gasteiger partial charge in [-0.1, -0.05) is 48.0 Å². The molecule has 0 saturated heterocycles. The van der Waals surface area contributed by atoms with E-state index >= 15 is 0 Å². The standard InChI is InChI=1S/C13H29N/c1-7-13(5,6)9-10-14(8-2)11-12(3)4/h12H,7-11H2,1-6H3. The van der Waals surface area contributed by atoms with Crippen LogP contribution in [0.2, 0.25) is 0 Å².